The Morgan fingerprint density at radius 3 is 2.65 bits per heavy atom. The first-order valence-corrected chi connectivity index (χ1v) is 9.11. The summed E-state index contributed by atoms with van der Waals surface area (Å²) in [4.78, 5) is 16.4. The van der Waals surface area contributed by atoms with Gasteiger partial charge in [0.15, 0.2) is 0 Å². The molecule has 0 saturated carbocycles. The minimum Gasteiger partial charge on any atom is -0.378 e. The van der Waals surface area contributed by atoms with E-state index in [0.717, 1.165) is 48.8 Å². The van der Waals surface area contributed by atoms with Crippen LogP contribution in [0, 0.1) is 6.92 Å². The zero-order valence-corrected chi connectivity index (χ0v) is 15.9. The molecule has 1 heterocycles. The zero-order chi connectivity index (χ0) is 18.5. The Bertz CT molecular complexity index is 775. The Kier molecular flexibility index (Phi) is 6.01. The van der Waals surface area contributed by atoms with Crippen molar-refractivity contribution in [2.24, 2.45) is 0 Å². The van der Waals surface area contributed by atoms with Crippen LogP contribution < -0.4 is 10.2 Å². The van der Waals surface area contributed by atoms with E-state index in [-0.39, 0.29) is 6.03 Å². The van der Waals surface area contributed by atoms with Gasteiger partial charge in [0.25, 0.3) is 0 Å². The maximum absolute atomic E-state index is 12.5. The van der Waals surface area contributed by atoms with Crippen LogP contribution >= 0.6 is 11.6 Å². The van der Waals surface area contributed by atoms with Crippen LogP contribution in [0.5, 0.6) is 0 Å². The van der Waals surface area contributed by atoms with Crippen LogP contribution in [0.2, 0.25) is 5.02 Å². The standard InChI is InChI=1S/C20H24ClN3O2/c1-15-13-17(24-9-11-26-12-10-24)7-8-19(15)22-20(25)23(2)14-16-5-3-4-6-18(16)21/h3-8,13H,9-12,14H2,1-2H3,(H,22,25). The molecule has 2 aromatic rings. The van der Waals surface area contributed by atoms with Gasteiger partial charge < -0.3 is 19.9 Å². The van der Waals surface area contributed by atoms with Crippen molar-refractivity contribution >= 4 is 29.0 Å². The van der Waals surface area contributed by atoms with Gasteiger partial charge in [-0.3, -0.25) is 0 Å². The van der Waals surface area contributed by atoms with Gasteiger partial charge in [0.05, 0.1) is 13.2 Å². The predicted octanol–water partition coefficient (Wildman–Crippen LogP) is 4.15. The number of nitrogens with zero attached hydrogens (tertiary/aromatic N) is 2. The van der Waals surface area contributed by atoms with E-state index in [1.165, 1.54) is 0 Å². The molecule has 0 unspecified atom stereocenters. The maximum Gasteiger partial charge on any atom is 0.321 e. The minimum atomic E-state index is -0.160. The monoisotopic (exact) mass is 373 g/mol. The molecule has 0 spiro atoms. The second kappa shape index (κ2) is 8.43. The zero-order valence-electron chi connectivity index (χ0n) is 15.2. The van der Waals surface area contributed by atoms with Gasteiger partial charge in [-0.15, -0.1) is 0 Å². The largest absolute Gasteiger partial charge is 0.378 e. The second-order valence-corrected chi connectivity index (χ2v) is 6.88. The lowest BCUT2D eigenvalue weighted by molar-refractivity contribution is 0.122. The van der Waals surface area contributed by atoms with Crippen molar-refractivity contribution in [2.45, 2.75) is 13.5 Å². The van der Waals surface area contributed by atoms with Crippen LogP contribution in [0.4, 0.5) is 16.2 Å². The van der Waals surface area contributed by atoms with Gasteiger partial charge in [-0.2, -0.15) is 0 Å². The lowest BCUT2D eigenvalue weighted by atomic mass is 10.1. The van der Waals surface area contributed by atoms with Crippen molar-refractivity contribution in [3.8, 4) is 0 Å². The highest BCUT2D eigenvalue weighted by Crippen LogP contribution is 2.24. The Hall–Kier alpha value is -2.24. The number of hydrogen-bond acceptors (Lipinski definition) is 3. The first-order chi connectivity index (χ1) is 12.5. The van der Waals surface area contributed by atoms with Crippen molar-refractivity contribution in [2.75, 3.05) is 43.6 Å². The molecule has 0 aromatic heterocycles. The molecule has 1 saturated heterocycles. The minimum absolute atomic E-state index is 0.160. The van der Waals surface area contributed by atoms with Crippen molar-refractivity contribution in [3.63, 3.8) is 0 Å². The molecule has 0 radical (unpaired) electrons. The number of morpholine rings is 1. The molecule has 1 aliphatic heterocycles. The van der Waals surface area contributed by atoms with Gasteiger partial charge in [0.1, 0.15) is 0 Å². The number of benzene rings is 2. The summed E-state index contributed by atoms with van der Waals surface area (Å²) in [7, 11) is 1.76. The molecule has 0 aliphatic carbocycles. The lowest BCUT2D eigenvalue weighted by Gasteiger charge is -2.29. The van der Waals surface area contributed by atoms with E-state index in [9.17, 15) is 4.79 Å². The van der Waals surface area contributed by atoms with Crippen molar-refractivity contribution in [1.29, 1.82) is 0 Å². The molecule has 138 valence electrons. The number of amides is 2. The molecule has 0 atom stereocenters. The Balaban J connectivity index is 1.64. The number of carbonyl (C=O) groups excluding carboxylic acids is 1. The van der Waals surface area contributed by atoms with Crippen LogP contribution in [-0.4, -0.2) is 44.3 Å². The SMILES string of the molecule is Cc1cc(N2CCOCC2)ccc1NC(=O)N(C)Cc1ccccc1Cl. The number of anilines is 2. The summed E-state index contributed by atoms with van der Waals surface area (Å²) in [5.41, 5.74) is 3.94. The summed E-state index contributed by atoms with van der Waals surface area (Å²) in [6.45, 7) is 5.76. The van der Waals surface area contributed by atoms with Crippen LogP contribution in [-0.2, 0) is 11.3 Å². The molecule has 1 aliphatic rings. The topological polar surface area (TPSA) is 44.8 Å². The fourth-order valence-corrected chi connectivity index (χ4v) is 3.17. The van der Waals surface area contributed by atoms with Crippen molar-refractivity contribution < 1.29 is 9.53 Å². The number of rotatable bonds is 4. The van der Waals surface area contributed by atoms with E-state index in [2.05, 4.69) is 16.3 Å². The van der Waals surface area contributed by atoms with Gasteiger partial charge in [-0.1, -0.05) is 29.8 Å². The summed E-state index contributed by atoms with van der Waals surface area (Å²) in [6, 6.07) is 13.5. The summed E-state index contributed by atoms with van der Waals surface area (Å²) in [6.07, 6.45) is 0. The Morgan fingerprint density at radius 1 is 1.23 bits per heavy atom. The number of aryl methyl sites for hydroxylation is 1. The molecule has 26 heavy (non-hydrogen) atoms. The number of ether oxygens (including phenoxy) is 1. The molecule has 1 N–H and O–H groups in total. The normalized spacial score (nSPS) is 14.2. The summed E-state index contributed by atoms with van der Waals surface area (Å²) in [5.74, 6) is 0. The van der Waals surface area contributed by atoms with Crippen LogP contribution in [0.3, 0.4) is 0 Å². The van der Waals surface area contributed by atoms with Gasteiger partial charge in [-0.05, 0) is 42.3 Å². The molecule has 1 fully saturated rings. The van der Waals surface area contributed by atoms with E-state index in [4.69, 9.17) is 16.3 Å². The third-order valence-corrected chi connectivity index (χ3v) is 4.91. The van der Waals surface area contributed by atoms with Crippen molar-refractivity contribution in [3.05, 3.63) is 58.6 Å². The van der Waals surface area contributed by atoms with E-state index in [1.54, 1.807) is 11.9 Å². The van der Waals surface area contributed by atoms with Crippen LogP contribution in [0.15, 0.2) is 42.5 Å². The van der Waals surface area contributed by atoms with Gasteiger partial charge >= 0.3 is 6.03 Å². The number of carbonyl (C=O) groups is 1. The predicted molar refractivity (Wildman–Crippen MR) is 106 cm³/mol. The van der Waals surface area contributed by atoms with E-state index < -0.39 is 0 Å². The third-order valence-electron chi connectivity index (χ3n) is 4.54. The van der Waals surface area contributed by atoms with Crippen LogP contribution in [0.1, 0.15) is 11.1 Å². The average Bonchev–Trinajstić information content (AvgIpc) is 2.66. The van der Waals surface area contributed by atoms with Crippen molar-refractivity contribution in [1.82, 2.24) is 4.90 Å². The molecular weight excluding hydrogens is 350 g/mol. The molecule has 2 aromatic carbocycles. The first-order valence-electron chi connectivity index (χ1n) is 8.73. The quantitative estimate of drug-likeness (QED) is 0.875. The first kappa shape index (κ1) is 18.5. The molecule has 3 rings (SSSR count). The summed E-state index contributed by atoms with van der Waals surface area (Å²) in [5, 5.41) is 3.65. The fourth-order valence-electron chi connectivity index (χ4n) is 2.97. The highest BCUT2D eigenvalue weighted by molar-refractivity contribution is 6.31. The van der Waals surface area contributed by atoms with Gasteiger partial charge in [0.2, 0.25) is 0 Å². The maximum atomic E-state index is 12.5. The average molecular weight is 374 g/mol. The van der Waals surface area contributed by atoms with E-state index in [0.29, 0.717) is 11.6 Å². The summed E-state index contributed by atoms with van der Waals surface area (Å²) < 4.78 is 5.40. The fraction of sp³-hybridized carbons (Fsp3) is 0.350. The molecule has 2 amide bonds. The molecule has 0 bridgehead atoms. The van der Waals surface area contributed by atoms with E-state index >= 15 is 0 Å². The molecular formula is C20H24ClN3O2. The Labute approximate surface area is 159 Å². The molecule has 5 nitrogen and oxygen atoms in total. The number of halogens is 1. The van der Waals surface area contributed by atoms with Gasteiger partial charge in [0, 0.05) is 43.1 Å². The van der Waals surface area contributed by atoms with Crippen LogP contribution in [0.25, 0.3) is 0 Å². The Morgan fingerprint density at radius 2 is 1.96 bits per heavy atom. The third kappa shape index (κ3) is 4.48. The summed E-state index contributed by atoms with van der Waals surface area (Å²) >= 11 is 6.18. The van der Waals surface area contributed by atoms with Gasteiger partial charge in [-0.25, -0.2) is 4.79 Å². The molecule has 6 heteroatoms. The van der Waals surface area contributed by atoms with E-state index in [1.807, 2.05) is 43.3 Å². The lowest BCUT2D eigenvalue weighted by Crippen LogP contribution is -2.36. The highest BCUT2D eigenvalue weighted by Gasteiger charge is 2.15. The second-order valence-electron chi connectivity index (χ2n) is 6.48. The number of nitrogens with one attached hydrogen (secondary N) is 1. The number of hydrogen-bond donors (Lipinski definition) is 1. The smallest absolute Gasteiger partial charge is 0.321 e. The number of urea groups is 1. The highest BCUT2D eigenvalue weighted by atomic mass is 35.5.